The number of aryl methyl sites for hydroxylation is 1. The maximum atomic E-state index is 12.1. The minimum Gasteiger partial charge on any atom is -0.480 e. The van der Waals surface area contributed by atoms with Crippen LogP contribution < -0.4 is 4.90 Å². The quantitative estimate of drug-likeness (QED) is 0.810. The summed E-state index contributed by atoms with van der Waals surface area (Å²) in [5.74, 6) is -1.34. The van der Waals surface area contributed by atoms with Crippen LogP contribution in [-0.4, -0.2) is 24.0 Å². The van der Waals surface area contributed by atoms with E-state index < -0.39 is 11.4 Å². The van der Waals surface area contributed by atoms with Crippen LogP contribution in [0, 0.1) is 12.3 Å². The fourth-order valence-corrected chi connectivity index (χ4v) is 1.85. The van der Waals surface area contributed by atoms with Crippen molar-refractivity contribution in [1.29, 1.82) is 0 Å². The van der Waals surface area contributed by atoms with Crippen LogP contribution in [0.2, 0.25) is 0 Å². The monoisotopic (exact) mass is 233 g/mol. The summed E-state index contributed by atoms with van der Waals surface area (Å²) in [7, 11) is 1.62. The molecule has 0 heterocycles. The fraction of sp³-hybridized carbons (Fsp3) is 0.385. The van der Waals surface area contributed by atoms with E-state index in [2.05, 4.69) is 0 Å². The van der Waals surface area contributed by atoms with Crippen LogP contribution in [0.5, 0.6) is 0 Å². The third-order valence-corrected chi connectivity index (χ3v) is 3.29. The molecule has 2 rings (SSSR count). The molecule has 0 unspecified atom stereocenters. The van der Waals surface area contributed by atoms with Crippen molar-refractivity contribution in [3.63, 3.8) is 0 Å². The SMILES string of the molecule is Cc1ccc(N(C)C(=O)C2(C(=O)O)CC2)cc1. The second-order valence-electron chi connectivity index (χ2n) is 4.59. The van der Waals surface area contributed by atoms with Gasteiger partial charge in [0.25, 0.3) is 0 Å². The molecule has 0 atom stereocenters. The minimum absolute atomic E-state index is 0.325. The average molecular weight is 233 g/mol. The molecule has 1 aliphatic carbocycles. The molecule has 4 nitrogen and oxygen atoms in total. The highest BCUT2D eigenvalue weighted by molar-refractivity contribution is 6.11. The minimum atomic E-state index is -1.17. The molecule has 1 aliphatic rings. The van der Waals surface area contributed by atoms with Crippen molar-refractivity contribution >= 4 is 17.6 Å². The number of nitrogens with zero attached hydrogens (tertiary/aromatic N) is 1. The van der Waals surface area contributed by atoms with E-state index in [-0.39, 0.29) is 5.91 Å². The van der Waals surface area contributed by atoms with E-state index in [1.54, 1.807) is 7.05 Å². The first-order valence-corrected chi connectivity index (χ1v) is 5.55. The standard InChI is InChI=1S/C13H15NO3/c1-9-3-5-10(6-4-9)14(2)11(15)13(7-8-13)12(16)17/h3-6H,7-8H2,1-2H3,(H,16,17). The van der Waals surface area contributed by atoms with Crippen LogP contribution in [0.25, 0.3) is 0 Å². The average Bonchev–Trinajstić information content (AvgIpc) is 3.09. The Morgan fingerprint density at radius 1 is 1.24 bits per heavy atom. The second kappa shape index (κ2) is 3.87. The smallest absolute Gasteiger partial charge is 0.319 e. The molecule has 0 radical (unpaired) electrons. The van der Waals surface area contributed by atoms with Gasteiger partial charge < -0.3 is 10.0 Å². The summed E-state index contributed by atoms with van der Waals surface area (Å²) in [5.41, 5.74) is 0.668. The van der Waals surface area contributed by atoms with Crippen molar-refractivity contribution in [2.45, 2.75) is 19.8 Å². The zero-order valence-corrected chi connectivity index (χ0v) is 9.93. The van der Waals surface area contributed by atoms with E-state index in [1.807, 2.05) is 31.2 Å². The molecule has 1 N–H and O–H groups in total. The van der Waals surface area contributed by atoms with Gasteiger partial charge in [0.05, 0.1) is 0 Å². The number of rotatable bonds is 3. The Hall–Kier alpha value is -1.84. The van der Waals surface area contributed by atoms with Gasteiger partial charge in [0, 0.05) is 12.7 Å². The van der Waals surface area contributed by atoms with E-state index in [0.29, 0.717) is 12.8 Å². The zero-order valence-electron chi connectivity index (χ0n) is 9.93. The lowest BCUT2D eigenvalue weighted by Crippen LogP contribution is -2.38. The zero-order chi connectivity index (χ0) is 12.6. The molecule has 90 valence electrons. The summed E-state index contributed by atoms with van der Waals surface area (Å²) in [6.45, 7) is 1.96. The third kappa shape index (κ3) is 1.90. The summed E-state index contributed by atoms with van der Waals surface area (Å²) in [5, 5.41) is 9.07. The summed E-state index contributed by atoms with van der Waals surface area (Å²) in [4.78, 5) is 24.6. The molecule has 0 saturated heterocycles. The first-order chi connectivity index (χ1) is 7.97. The molecule has 0 aliphatic heterocycles. The van der Waals surface area contributed by atoms with Gasteiger partial charge in [-0.15, -0.1) is 0 Å². The maximum Gasteiger partial charge on any atom is 0.319 e. The van der Waals surface area contributed by atoms with Crippen LogP contribution in [-0.2, 0) is 9.59 Å². The van der Waals surface area contributed by atoms with E-state index in [9.17, 15) is 9.59 Å². The third-order valence-electron chi connectivity index (χ3n) is 3.29. The normalized spacial score (nSPS) is 16.4. The molecular weight excluding hydrogens is 218 g/mol. The highest BCUT2D eigenvalue weighted by Crippen LogP contribution is 2.47. The van der Waals surface area contributed by atoms with Crippen molar-refractivity contribution in [3.8, 4) is 0 Å². The Labute approximate surface area is 99.9 Å². The van der Waals surface area contributed by atoms with E-state index in [4.69, 9.17) is 5.11 Å². The Morgan fingerprint density at radius 3 is 2.18 bits per heavy atom. The largest absolute Gasteiger partial charge is 0.480 e. The van der Waals surface area contributed by atoms with Crippen molar-refractivity contribution in [1.82, 2.24) is 0 Å². The number of hydrogen-bond acceptors (Lipinski definition) is 2. The van der Waals surface area contributed by atoms with E-state index in [0.717, 1.165) is 11.3 Å². The Morgan fingerprint density at radius 2 is 1.76 bits per heavy atom. The van der Waals surface area contributed by atoms with Crippen LogP contribution in [0.3, 0.4) is 0 Å². The molecule has 4 heteroatoms. The van der Waals surface area contributed by atoms with Gasteiger partial charge in [-0.2, -0.15) is 0 Å². The topological polar surface area (TPSA) is 57.6 Å². The number of carbonyl (C=O) groups excluding carboxylic acids is 1. The van der Waals surface area contributed by atoms with Crippen LogP contribution in [0.4, 0.5) is 5.69 Å². The number of amides is 1. The summed E-state index contributed by atoms with van der Waals surface area (Å²) < 4.78 is 0. The lowest BCUT2D eigenvalue weighted by atomic mass is 10.1. The second-order valence-corrected chi connectivity index (χ2v) is 4.59. The van der Waals surface area contributed by atoms with Crippen molar-refractivity contribution in [3.05, 3.63) is 29.8 Å². The molecule has 0 bridgehead atoms. The Kier molecular flexibility index (Phi) is 2.65. The molecule has 0 aromatic heterocycles. The number of hydrogen-bond donors (Lipinski definition) is 1. The Balaban J connectivity index is 2.21. The molecule has 1 aromatic rings. The Bertz CT molecular complexity index is 460. The van der Waals surface area contributed by atoms with Crippen LogP contribution >= 0.6 is 0 Å². The van der Waals surface area contributed by atoms with Gasteiger partial charge in [-0.05, 0) is 31.9 Å². The van der Waals surface area contributed by atoms with Gasteiger partial charge in [-0.25, -0.2) is 0 Å². The van der Waals surface area contributed by atoms with Crippen LogP contribution in [0.15, 0.2) is 24.3 Å². The molecule has 1 aromatic carbocycles. The molecule has 1 fully saturated rings. The highest BCUT2D eigenvalue weighted by atomic mass is 16.4. The van der Waals surface area contributed by atoms with Gasteiger partial charge in [0.2, 0.25) is 5.91 Å². The predicted octanol–water partition coefficient (Wildman–Crippen LogP) is 1.82. The van der Waals surface area contributed by atoms with Crippen LogP contribution in [0.1, 0.15) is 18.4 Å². The molecule has 17 heavy (non-hydrogen) atoms. The van der Waals surface area contributed by atoms with Crippen molar-refractivity contribution in [2.24, 2.45) is 5.41 Å². The molecule has 0 spiro atoms. The van der Waals surface area contributed by atoms with Gasteiger partial charge in [0.1, 0.15) is 5.41 Å². The van der Waals surface area contributed by atoms with Gasteiger partial charge >= 0.3 is 5.97 Å². The molecule has 1 amide bonds. The first-order valence-electron chi connectivity index (χ1n) is 5.55. The lowest BCUT2D eigenvalue weighted by molar-refractivity contribution is -0.148. The number of carbonyl (C=O) groups is 2. The van der Waals surface area contributed by atoms with Crippen molar-refractivity contribution in [2.75, 3.05) is 11.9 Å². The lowest BCUT2D eigenvalue weighted by Gasteiger charge is -2.21. The van der Waals surface area contributed by atoms with Gasteiger partial charge in [0.15, 0.2) is 0 Å². The summed E-state index contributed by atoms with van der Waals surface area (Å²) in [6, 6.07) is 7.45. The summed E-state index contributed by atoms with van der Waals surface area (Å²) >= 11 is 0. The summed E-state index contributed by atoms with van der Waals surface area (Å²) in [6.07, 6.45) is 0.884. The first kappa shape index (κ1) is 11.6. The number of carboxylic acid groups (broad SMARTS) is 1. The number of aliphatic carboxylic acids is 1. The van der Waals surface area contributed by atoms with Gasteiger partial charge in [-0.3, -0.25) is 9.59 Å². The van der Waals surface area contributed by atoms with Gasteiger partial charge in [-0.1, -0.05) is 17.7 Å². The van der Waals surface area contributed by atoms with Crippen molar-refractivity contribution < 1.29 is 14.7 Å². The maximum absolute atomic E-state index is 12.1. The predicted molar refractivity (Wildman–Crippen MR) is 63.9 cm³/mol. The van der Waals surface area contributed by atoms with E-state index >= 15 is 0 Å². The number of anilines is 1. The molecule has 1 saturated carbocycles. The highest BCUT2D eigenvalue weighted by Gasteiger charge is 2.58. The molecular formula is C13H15NO3. The fourth-order valence-electron chi connectivity index (χ4n) is 1.85. The number of benzene rings is 1. The van der Waals surface area contributed by atoms with E-state index in [1.165, 1.54) is 4.90 Å². The number of carboxylic acids is 1.